The number of aliphatic hydroxyl groups is 7. The summed E-state index contributed by atoms with van der Waals surface area (Å²) in [7, 11) is 0. The smallest absolute Gasteiger partial charge is 0.310 e. The largest absolute Gasteiger partial charge is 0.481 e. The molecule has 1 aromatic heterocycles. The van der Waals surface area contributed by atoms with Crippen LogP contribution in [0.1, 0.15) is 122 Å². The van der Waals surface area contributed by atoms with Crippen LogP contribution in [-0.4, -0.2) is 139 Å². The number of hydrogen-bond acceptors (Lipinski definition) is 13. The number of amides is 1. The van der Waals surface area contributed by atoms with Gasteiger partial charge in [-0.05, 0) is 124 Å². The van der Waals surface area contributed by atoms with Gasteiger partial charge < -0.3 is 66.4 Å². The number of allylic oxidation sites excluding steroid dienone is 2. The van der Waals surface area contributed by atoms with E-state index in [0.29, 0.717) is 64.3 Å². The van der Waals surface area contributed by atoms with Crippen LogP contribution in [0.2, 0.25) is 0 Å². The normalized spacial score (nSPS) is 50.3. The highest BCUT2D eigenvalue weighted by molar-refractivity contribution is 5.82. The Balaban J connectivity index is 1.19. The highest BCUT2D eigenvalue weighted by atomic mass is 16.7. The summed E-state index contributed by atoms with van der Waals surface area (Å²) in [6, 6.07) is -0.556. The van der Waals surface area contributed by atoms with Crippen LogP contribution in [0.3, 0.4) is 0 Å². The number of aromatic nitrogens is 2. The van der Waals surface area contributed by atoms with Gasteiger partial charge in [0, 0.05) is 65.5 Å². The Kier molecular flexibility index (Phi) is 12.9. The van der Waals surface area contributed by atoms with E-state index in [1.807, 2.05) is 6.92 Å². The summed E-state index contributed by atoms with van der Waals surface area (Å²) >= 11 is 0. The number of rotatable bonds is 12. The summed E-state index contributed by atoms with van der Waals surface area (Å²) in [6.07, 6.45) is 6.64. The molecule has 3 heterocycles. The number of nitrogens with zero attached hydrogens (tertiary/aromatic N) is 1. The summed E-state index contributed by atoms with van der Waals surface area (Å²) in [5, 5.41) is 95.2. The van der Waals surface area contributed by atoms with Gasteiger partial charge in [0.25, 0.3) is 0 Å². The minimum Gasteiger partial charge on any atom is -0.481 e. The third-order valence-electron chi connectivity index (χ3n) is 21.7. The number of aliphatic hydroxyl groups excluding tert-OH is 7. The number of aliphatic carboxylic acids is 1. The average Bonchev–Trinajstić information content (AvgIpc) is 3.99. The number of carbonyl (C=O) groups excluding carboxylic acids is 1. The first-order chi connectivity index (χ1) is 33.0. The third kappa shape index (κ3) is 6.94. The zero-order valence-electron chi connectivity index (χ0n) is 40.6. The summed E-state index contributed by atoms with van der Waals surface area (Å²) < 4.78 is 12.6. The molecule has 0 radical (unpaired) electrons. The lowest BCUT2D eigenvalue weighted by molar-refractivity contribution is -0.346. The number of ether oxygens (including phenoxy) is 2. The fourth-order valence-electron chi connectivity index (χ4n) is 18.7. The predicted molar refractivity (Wildman–Crippen MR) is 250 cm³/mol. The van der Waals surface area contributed by atoms with Crippen molar-refractivity contribution in [2.45, 2.75) is 159 Å². The molecule has 1 amide bonds. The quantitative estimate of drug-likeness (QED) is 0.0817. The van der Waals surface area contributed by atoms with Gasteiger partial charge >= 0.3 is 5.97 Å². The molecule has 0 unspecified atom stereocenters. The fraction of sp³-hybridized carbons (Fsp3) is 0.830. The molecule has 16 heteroatoms. The van der Waals surface area contributed by atoms with Gasteiger partial charge in [-0.25, -0.2) is 4.98 Å². The van der Waals surface area contributed by atoms with Crippen LogP contribution in [0.5, 0.6) is 0 Å². The molecule has 2 aliphatic heterocycles. The minimum atomic E-state index is -1.67. The van der Waals surface area contributed by atoms with Crippen LogP contribution in [0.4, 0.5) is 0 Å². The number of fused-ring (bicyclic) bond motifs is 2. The molecule has 0 aromatic carbocycles. The second kappa shape index (κ2) is 17.9. The number of H-pyrrole nitrogens is 1. The van der Waals surface area contributed by atoms with Crippen molar-refractivity contribution in [1.29, 1.82) is 0 Å². The van der Waals surface area contributed by atoms with E-state index in [0.717, 1.165) is 37.8 Å². The highest BCUT2D eigenvalue weighted by Crippen LogP contribution is 2.82. The Morgan fingerprint density at radius 1 is 1.00 bits per heavy atom. The number of imidazole rings is 1. The van der Waals surface area contributed by atoms with Crippen LogP contribution in [-0.2, 0) is 19.1 Å². The molecule has 12 N–H and O–H groups in total. The standard InChI is InChI=1S/C53H78N4O12/c1-48(25-59)17-18-51(47(66)67)20-28-8-6-14-52-16-13-36-49(2,26-60)44(69-46-43(64)41(62)35(61)24-68-46)42(63)39-30(9-4-5-15-53(28,52)32(33(51)21-48)11-12-37(52)50(36,39)3)38-31(23-58)45(65)57-40(38)29(10-7-19-54)34-22-55-27-56-34/h11,22,27-31,33,35-44,46,58-64H,5-8,10,12-21,23-26,54H2,1-3H3,(H,55,56)(H,57,65)(H,66,67)/t28-,29-,30-,31+,33+,35-,36-,37-,38-,39-,40-,41+,42-,43-,44-,46+,48+,49+,50+,51+,52-,53-/m1/s1. The van der Waals surface area contributed by atoms with Crippen molar-refractivity contribution in [2.24, 2.45) is 85.6 Å². The highest BCUT2D eigenvalue weighted by Gasteiger charge is 2.78. The van der Waals surface area contributed by atoms with Crippen molar-refractivity contribution in [3.63, 3.8) is 0 Å². The second-order valence-corrected chi connectivity index (χ2v) is 24.3. The molecule has 382 valence electrons. The lowest BCUT2D eigenvalue weighted by Crippen LogP contribution is -2.75. The molecular formula is C53H78N4O12. The molecule has 16 nitrogen and oxygen atoms in total. The molecule has 9 aliphatic rings. The molecule has 1 aromatic rings. The molecular weight excluding hydrogens is 885 g/mol. The van der Waals surface area contributed by atoms with E-state index in [4.69, 9.17) is 15.2 Å². The zero-order valence-corrected chi connectivity index (χ0v) is 40.6. The lowest BCUT2D eigenvalue weighted by Gasteiger charge is -2.77. The van der Waals surface area contributed by atoms with Crippen LogP contribution >= 0.6 is 0 Å². The van der Waals surface area contributed by atoms with Gasteiger partial charge in [-0.2, -0.15) is 0 Å². The van der Waals surface area contributed by atoms with Gasteiger partial charge in [-0.1, -0.05) is 44.8 Å². The summed E-state index contributed by atoms with van der Waals surface area (Å²) in [4.78, 5) is 35.9. The van der Waals surface area contributed by atoms with E-state index >= 15 is 0 Å². The summed E-state index contributed by atoms with van der Waals surface area (Å²) in [5.74, 6) is 2.50. The second-order valence-electron chi connectivity index (χ2n) is 24.3. The summed E-state index contributed by atoms with van der Waals surface area (Å²) in [5.41, 5.74) is 4.08. The molecule has 5 saturated carbocycles. The van der Waals surface area contributed by atoms with E-state index in [1.165, 1.54) is 5.57 Å². The number of carboxylic acid groups (broad SMARTS) is 1. The molecule has 10 rings (SSSR count). The van der Waals surface area contributed by atoms with Gasteiger partial charge in [0.15, 0.2) is 6.29 Å². The van der Waals surface area contributed by atoms with E-state index < -0.39 is 113 Å². The maximum Gasteiger partial charge on any atom is 0.310 e. The Bertz CT molecular complexity index is 2200. The first-order valence-corrected chi connectivity index (χ1v) is 26.2. The number of nitrogens with two attached hydrogens (primary N) is 1. The van der Waals surface area contributed by atoms with E-state index in [1.54, 1.807) is 12.5 Å². The third-order valence-corrected chi connectivity index (χ3v) is 21.7. The van der Waals surface area contributed by atoms with Crippen molar-refractivity contribution in [3.05, 3.63) is 29.9 Å². The van der Waals surface area contributed by atoms with Crippen LogP contribution in [0.25, 0.3) is 0 Å². The van der Waals surface area contributed by atoms with Gasteiger partial charge in [0.05, 0.1) is 49.7 Å². The molecule has 69 heavy (non-hydrogen) atoms. The maximum atomic E-state index is 14.4. The molecule has 7 fully saturated rings. The number of carboxylic acids is 1. The molecule has 7 aliphatic carbocycles. The number of carbonyl (C=O) groups is 2. The van der Waals surface area contributed by atoms with Crippen molar-refractivity contribution >= 4 is 11.9 Å². The first kappa shape index (κ1) is 49.6. The van der Waals surface area contributed by atoms with E-state index in [9.17, 15) is 50.4 Å². The predicted octanol–water partition coefficient (Wildman–Crippen LogP) is 2.59. The van der Waals surface area contributed by atoms with Gasteiger partial charge in [0.2, 0.25) is 5.91 Å². The Morgan fingerprint density at radius 3 is 2.49 bits per heavy atom. The van der Waals surface area contributed by atoms with E-state index in [-0.39, 0.29) is 54.1 Å². The minimum absolute atomic E-state index is 0.0177. The molecule has 22 atom stereocenters. The van der Waals surface area contributed by atoms with Crippen molar-refractivity contribution < 1.29 is 59.9 Å². The van der Waals surface area contributed by atoms with Crippen LogP contribution in [0, 0.1) is 91.7 Å². The molecule has 4 bridgehead atoms. The Hall–Kier alpha value is -2.95. The number of aromatic amines is 1. The fourth-order valence-corrected chi connectivity index (χ4v) is 18.7. The zero-order chi connectivity index (χ0) is 49.1. The van der Waals surface area contributed by atoms with E-state index in [2.05, 4.69) is 47.0 Å². The Labute approximate surface area is 405 Å². The summed E-state index contributed by atoms with van der Waals surface area (Å²) in [6.45, 7) is 5.54. The van der Waals surface area contributed by atoms with Crippen molar-refractivity contribution in [2.75, 3.05) is 33.0 Å². The molecule has 2 spiro atoms. The topological polar surface area (TPSA) is 281 Å². The molecule has 2 saturated heterocycles. The SMILES string of the molecule is C[C@]1(CO)CC[C@]2(C(=O)O)C[C@H]3CCC[C@]45CC[C@@H]6[C@](C)(CO)[C@H](O[C@@H]7OC[C@@H](O)[C@H](O)[C@H]7O)[C@H](O)[C@H]7[C@@H]([C@H]8[C@@H]([C@H](CCCN)c9cnc[nH]9)NC(=O)[C@H]8CO)C#CCC[C@]34C(=CC[C@@H]5[C@@]76C)[C@@H]2C1. The lowest BCUT2D eigenvalue weighted by atomic mass is 9.27. The maximum absolute atomic E-state index is 14.4. The monoisotopic (exact) mass is 963 g/mol. The average molecular weight is 963 g/mol. The number of hydrogen-bond donors (Lipinski definition) is 11. The van der Waals surface area contributed by atoms with Gasteiger partial charge in [-0.3, -0.25) is 9.59 Å². The van der Waals surface area contributed by atoms with Crippen LogP contribution < -0.4 is 11.1 Å². The Morgan fingerprint density at radius 2 is 1.80 bits per heavy atom. The first-order valence-electron chi connectivity index (χ1n) is 26.2. The van der Waals surface area contributed by atoms with Gasteiger partial charge in [0.1, 0.15) is 18.3 Å². The van der Waals surface area contributed by atoms with Gasteiger partial charge in [-0.15, -0.1) is 5.92 Å². The van der Waals surface area contributed by atoms with Crippen LogP contribution in [0.15, 0.2) is 24.2 Å². The number of nitrogens with one attached hydrogen (secondary N) is 2. The van der Waals surface area contributed by atoms with Crippen molar-refractivity contribution in [3.8, 4) is 11.8 Å². The van der Waals surface area contributed by atoms with Crippen molar-refractivity contribution in [1.82, 2.24) is 15.3 Å².